The third-order valence-corrected chi connectivity index (χ3v) is 11.6. The largest absolute Gasteiger partial charge is 0.491 e. The molecule has 4 N–H and O–H groups in total. The molecule has 1 aliphatic heterocycles. The van der Waals surface area contributed by atoms with Crippen molar-refractivity contribution in [1.29, 1.82) is 0 Å². The Kier molecular flexibility index (Phi) is 8.69. The van der Waals surface area contributed by atoms with Crippen LogP contribution in [0.2, 0.25) is 0 Å². The number of aliphatic hydroxyl groups is 1. The number of carbonyl (C=O) groups is 1. The Hall–Kier alpha value is -3.61. The summed E-state index contributed by atoms with van der Waals surface area (Å²) in [6.07, 6.45) is 11.6. The zero-order chi connectivity index (χ0) is 31.9. The van der Waals surface area contributed by atoms with E-state index in [4.69, 9.17) is 10.5 Å². The first-order valence-electron chi connectivity index (χ1n) is 17.4. The Balaban J connectivity index is 1.16. The second kappa shape index (κ2) is 12.9. The van der Waals surface area contributed by atoms with E-state index in [1.807, 2.05) is 29.0 Å². The molecule has 2 saturated carbocycles. The molecule has 0 radical (unpaired) electrons. The van der Waals surface area contributed by atoms with Crippen molar-refractivity contribution in [2.45, 2.75) is 89.8 Å². The third kappa shape index (κ3) is 6.10. The number of nitrogens with zero attached hydrogens (tertiary/aromatic N) is 1. The van der Waals surface area contributed by atoms with Gasteiger partial charge in [-0.25, -0.2) is 4.79 Å². The van der Waals surface area contributed by atoms with E-state index in [2.05, 4.69) is 44.2 Å². The summed E-state index contributed by atoms with van der Waals surface area (Å²) in [5.74, 6) is 3.76. The molecule has 0 saturated heterocycles. The molecule has 2 aliphatic carbocycles. The molecule has 0 unspecified atom stereocenters. The van der Waals surface area contributed by atoms with Gasteiger partial charge in [0.15, 0.2) is 0 Å². The number of aromatic carboxylic acids is 1. The first-order chi connectivity index (χ1) is 22.2. The number of para-hydroxylation sites is 1. The SMILES string of the molecule is CC(C)C1CCC(C2CCC(c3cc(-c4ccc5c(c4)[C@H](N)CO5)cc([C@H](O)Cn4ccc5cccc(C(=O)O)c54)c3)CC2)CC1. The first-order valence-corrected chi connectivity index (χ1v) is 17.4. The van der Waals surface area contributed by atoms with E-state index in [0.29, 0.717) is 18.0 Å². The number of hydrogen-bond acceptors (Lipinski definition) is 4. The number of hydrogen-bond donors (Lipinski definition) is 3. The van der Waals surface area contributed by atoms with Crippen LogP contribution in [-0.2, 0) is 6.54 Å². The maximum absolute atomic E-state index is 12.0. The standard InChI is InChI=1S/C40H48N2O4/c1-24(2)25-6-8-26(9-7-25)27-10-12-28(13-11-27)31-18-32(30-14-15-38-35(21-30)36(41)23-46-38)20-33(19-31)37(43)22-42-17-16-29-4-3-5-34(39(29)42)40(44)45/h3-5,14-21,24-28,36-37,43H,6-13,22-23,41H2,1-2H3,(H,44,45)/t25?,26?,27?,28?,36-,37-/m1/s1. The molecule has 3 aromatic carbocycles. The Bertz CT molecular complexity index is 1710. The number of aromatic nitrogens is 1. The number of rotatable bonds is 8. The predicted molar refractivity (Wildman–Crippen MR) is 183 cm³/mol. The van der Waals surface area contributed by atoms with Gasteiger partial charge in [-0.15, -0.1) is 0 Å². The van der Waals surface area contributed by atoms with Gasteiger partial charge in [-0.05, 0) is 134 Å². The summed E-state index contributed by atoms with van der Waals surface area (Å²) in [5.41, 5.74) is 12.6. The summed E-state index contributed by atoms with van der Waals surface area (Å²) in [6.45, 7) is 5.53. The van der Waals surface area contributed by atoms with Gasteiger partial charge in [0.2, 0.25) is 0 Å². The third-order valence-electron chi connectivity index (χ3n) is 11.6. The summed E-state index contributed by atoms with van der Waals surface area (Å²) in [7, 11) is 0. The van der Waals surface area contributed by atoms with Crippen molar-refractivity contribution in [3.63, 3.8) is 0 Å². The number of carboxylic acid groups (broad SMARTS) is 1. The van der Waals surface area contributed by atoms with Crippen LogP contribution in [0.4, 0.5) is 0 Å². The molecule has 2 atom stereocenters. The van der Waals surface area contributed by atoms with Gasteiger partial charge in [0.05, 0.1) is 29.8 Å². The number of benzene rings is 3. The molecule has 0 spiro atoms. The van der Waals surface area contributed by atoms with Crippen molar-refractivity contribution in [3.05, 3.63) is 89.1 Å². The summed E-state index contributed by atoms with van der Waals surface area (Å²) < 4.78 is 7.65. The first kappa shape index (κ1) is 31.0. The summed E-state index contributed by atoms with van der Waals surface area (Å²) in [4.78, 5) is 12.0. The van der Waals surface area contributed by atoms with Crippen molar-refractivity contribution in [2.24, 2.45) is 29.4 Å². The normalized spacial score (nSPS) is 25.4. The van der Waals surface area contributed by atoms with Gasteiger partial charge in [0, 0.05) is 17.1 Å². The average Bonchev–Trinajstić information content (AvgIpc) is 3.67. The predicted octanol–water partition coefficient (Wildman–Crippen LogP) is 8.87. The van der Waals surface area contributed by atoms with Crippen molar-refractivity contribution >= 4 is 16.9 Å². The molecule has 6 heteroatoms. The highest BCUT2D eigenvalue weighted by Crippen LogP contribution is 2.46. The molecule has 0 bridgehead atoms. The monoisotopic (exact) mass is 620 g/mol. The van der Waals surface area contributed by atoms with E-state index >= 15 is 0 Å². The van der Waals surface area contributed by atoms with E-state index in [9.17, 15) is 15.0 Å². The number of aliphatic hydroxyl groups excluding tert-OH is 1. The van der Waals surface area contributed by atoms with E-state index < -0.39 is 12.1 Å². The molecule has 2 heterocycles. The van der Waals surface area contributed by atoms with Crippen LogP contribution in [0.15, 0.2) is 66.9 Å². The summed E-state index contributed by atoms with van der Waals surface area (Å²) >= 11 is 0. The van der Waals surface area contributed by atoms with Crippen molar-refractivity contribution in [3.8, 4) is 16.9 Å². The van der Waals surface area contributed by atoms with Crippen LogP contribution >= 0.6 is 0 Å². The van der Waals surface area contributed by atoms with Crippen LogP contribution in [0.25, 0.3) is 22.0 Å². The lowest BCUT2D eigenvalue weighted by atomic mass is 9.67. The quantitative estimate of drug-likeness (QED) is 0.183. The number of fused-ring (bicyclic) bond motifs is 2. The highest BCUT2D eigenvalue weighted by molar-refractivity contribution is 6.02. The zero-order valence-electron chi connectivity index (χ0n) is 27.2. The number of nitrogens with two attached hydrogens (primary N) is 1. The maximum atomic E-state index is 12.0. The minimum absolute atomic E-state index is 0.139. The van der Waals surface area contributed by atoms with E-state index in [1.165, 1.54) is 56.9 Å². The lowest BCUT2D eigenvalue weighted by Gasteiger charge is -2.39. The summed E-state index contributed by atoms with van der Waals surface area (Å²) in [6, 6.07) is 20.0. The Labute approximate surface area is 272 Å². The highest BCUT2D eigenvalue weighted by atomic mass is 16.5. The van der Waals surface area contributed by atoms with Crippen LogP contribution in [0, 0.1) is 23.7 Å². The van der Waals surface area contributed by atoms with Crippen LogP contribution < -0.4 is 10.5 Å². The molecule has 3 aliphatic rings. The Morgan fingerprint density at radius 1 is 0.913 bits per heavy atom. The van der Waals surface area contributed by atoms with Crippen LogP contribution in [0.5, 0.6) is 5.75 Å². The topological polar surface area (TPSA) is 97.7 Å². The Morgan fingerprint density at radius 2 is 1.65 bits per heavy atom. The molecule has 0 amide bonds. The van der Waals surface area contributed by atoms with Crippen LogP contribution in [-0.4, -0.2) is 27.4 Å². The maximum Gasteiger partial charge on any atom is 0.337 e. The van der Waals surface area contributed by atoms with E-state index in [1.54, 1.807) is 12.1 Å². The molecule has 1 aromatic heterocycles. The smallest absolute Gasteiger partial charge is 0.337 e. The lowest BCUT2D eigenvalue weighted by Crippen LogP contribution is -2.26. The lowest BCUT2D eigenvalue weighted by molar-refractivity contribution is 0.0698. The van der Waals surface area contributed by atoms with E-state index in [-0.39, 0.29) is 18.2 Å². The fraction of sp³-hybridized carbons (Fsp3) is 0.475. The molecule has 46 heavy (non-hydrogen) atoms. The fourth-order valence-corrected chi connectivity index (χ4v) is 8.77. The second-order valence-electron chi connectivity index (χ2n) is 14.6. The van der Waals surface area contributed by atoms with Crippen molar-refractivity contribution in [1.82, 2.24) is 4.57 Å². The second-order valence-corrected chi connectivity index (χ2v) is 14.6. The van der Waals surface area contributed by atoms with Crippen molar-refractivity contribution in [2.75, 3.05) is 6.61 Å². The number of ether oxygens (including phenoxy) is 1. The van der Waals surface area contributed by atoms with Gasteiger partial charge in [-0.1, -0.05) is 44.2 Å². The molecular formula is C40H48N2O4. The molecule has 2 fully saturated rings. The minimum atomic E-state index is -0.966. The summed E-state index contributed by atoms with van der Waals surface area (Å²) in [5, 5.41) is 22.4. The molecule has 4 aromatic rings. The molecular weight excluding hydrogens is 572 g/mol. The average molecular weight is 621 g/mol. The van der Waals surface area contributed by atoms with Gasteiger partial charge >= 0.3 is 5.97 Å². The zero-order valence-corrected chi connectivity index (χ0v) is 27.2. The van der Waals surface area contributed by atoms with E-state index in [0.717, 1.165) is 57.1 Å². The van der Waals surface area contributed by atoms with Crippen LogP contribution in [0.1, 0.15) is 110 Å². The highest BCUT2D eigenvalue weighted by Gasteiger charge is 2.32. The Morgan fingerprint density at radius 3 is 2.37 bits per heavy atom. The molecule has 7 rings (SSSR count). The van der Waals surface area contributed by atoms with Gasteiger partial charge in [-0.3, -0.25) is 0 Å². The van der Waals surface area contributed by atoms with Gasteiger partial charge in [0.1, 0.15) is 12.4 Å². The van der Waals surface area contributed by atoms with Crippen LogP contribution in [0.3, 0.4) is 0 Å². The molecule has 242 valence electrons. The minimum Gasteiger partial charge on any atom is -0.491 e. The van der Waals surface area contributed by atoms with Crippen molar-refractivity contribution < 1.29 is 19.7 Å². The number of carboxylic acids is 1. The van der Waals surface area contributed by atoms with Gasteiger partial charge in [0.25, 0.3) is 0 Å². The van der Waals surface area contributed by atoms with Gasteiger partial charge in [-0.2, -0.15) is 0 Å². The molecule has 6 nitrogen and oxygen atoms in total. The van der Waals surface area contributed by atoms with Gasteiger partial charge < -0.3 is 25.3 Å². The fourth-order valence-electron chi connectivity index (χ4n) is 8.77.